The summed E-state index contributed by atoms with van der Waals surface area (Å²) in [5.41, 5.74) is 7.92. The molecule has 114 valence electrons. The fourth-order valence-electron chi connectivity index (χ4n) is 2.74. The largest absolute Gasteiger partial charge is 0.409 e. The van der Waals surface area contributed by atoms with Gasteiger partial charge in [-0.3, -0.25) is 4.98 Å². The van der Waals surface area contributed by atoms with Crippen molar-refractivity contribution in [2.24, 2.45) is 10.9 Å². The highest BCUT2D eigenvalue weighted by atomic mass is 16.4. The Morgan fingerprint density at radius 1 is 1.18 bits per heavy atom. The zero-order valence-electron chi connectivity index (χ0n) is 12.3. The summed E-state index contributed by atoms with van der Waals surface area (Å²) in [4.78, 5) is 13.0. The molecular weight excluding hydrogens is 280 g/mol. The summed E-state index contributed by atoms with van der Waals surface area (Å²) in [5.74, 6) is 0.965. The van der Waals surface area contributed by atoms with Crippen LogP contribution in [0.5, 0.6) is 0 Å². The molecule has 0 aliphatic heterocycles. The molecule has 1 aliphatic rings. The molecule has 0 amide bonds. The lowest BCUT2D eigenvalue weighted by molar-refractivity contribution is 0.286. The SMILES string of the molecule is CNc1cnc(-c2ccc(C3(/C(N)=N/O)CCC3)cn2)cn1. The third-order valence-electron chi connectivity index (χ3n) is 4.29. The van der Waals surface area contributed by atoms with Gasteiger partial charge in [-0.1, -0.05) is 17.6 Å². The van der Waals surface area contributed by atoms with Gasteiger partial charge in [-0.2, -0.15) is 0 Å². The van der Waals surface area contributed by atoms with Crippen molar-refractivity contribution in [2.75, 3.05) is 12.4 Å². The van der Waals surface area contributed by atoms with Crippen molar-refractivity contribution < 1.29 is 5.21 Å². The average Bonchev–Trinajstić information content (AvgIpc) is 2.54. The van der Waals surface area contributed by atoms with Crippen molar-refractivity contribution in [3.8, 4) is 11.4 Å². The van der Waals surface area contributed by atoms with E-state index >= 15 is 0 Å². The maximum Gasteiger partial charge on any atom is 0.149 e. The van der Waals surface area contributed by atoms with Gasteiger partial charge in [0, 0.05) is 13.2 Å². The Kier molecular flexibility index (Phi) is 3.62. The first-order valence-corrected chi connectivity index (χ1v) is 7.14. The quantitative estimate of drug-likeness (QED) is 0.343. The van der Waals surface area contributed by atoms with E-state index in [1.165, 1.54) is 0 Å². The minimum Gasteiger partial charge on any atom is -0.409 e. The van der Waals surface area contributed by atoms with Crippen LogP contribution in [0.25, 0.3) is 11.4 Å². The number of aromatic nitrogens is 3. The predicted molar refractivity (Wildman–Crippen MR) is 83.7 cm³/mol. The predicted octanol–water partition coefficient (Wildman–Crippen LogP) is 1.75. The molecule has 0 atom stereocenters. The standard InChI is InChI=1S/C15H18N6O/c1-17-13-9-19-12(8-20-13)11-4-3-10(7-18-11)15(5-2-6-15)14(16)21-22/h3-4,7-9,22H,2,5-6H2,1H3,(H2,16,21)(H,17,20). The van der Waals surface area contributed by atoms with Crippen LogP contribution in [0.15, 0.2) is 35.9 Å². The highest BCUT2D eigenvalue weighted by molar-refractivity contribution is 5.92. The highest BCUT2D eigenvalue weighted by Gasteiger charge is 2.43. The van der Waals surface area contributed by atoms with Gasteiger partial charge in [0.25, 0.3) is 0 Å². The van der Waals surface area contributed by atoms with Gasteiger partial charge in [-0.25, -0.2) is 9.97 Å². The molecule has 0 unspecified atom stereocenters. The summed E-state index contributed by atoms with van der Waals surface area (Å²) < 4.78 is 0. The van der Waals surface area contributed by atoms with Gasteiger partial charge in [-0.05, 0) is 24.5 Å². The summed E-state index contributed by atoms with van der Waals surface area (Å²) >= 11 is 0. The van der Waals surface area contributed by atoms with Crippen LogP contribution in [0.3, 0.4) is 0 Å². The smallest absolute Gasteiger partial charge is 0.149 e. The van der Waals surface area contributed by atoms with E-state index in [4.69, 9.17) is 10.9 Å². The van der Waals surface area contributed by atoms with E-state index in [-0.39, 0.29) is 11.3 Å². The molecule has 2 heterocycles. The molecule has 7 nitrogen and oxygen atoms in total. The van der Waals surface area contributed by atoms with E-state index in [0.29, 0.717) is 11.5 Å². The van der Waals surface area contributed by atoms with Crippen LogP contribution in [0, 0.1) is 0 Å². The summed E-state index contributed by atoms with van der Waals surface area (Å²) in [6, 6.07) is 3.86. The van der Waals surface area contributed by atoms with Crippen molar-refractivity contribution in [3.63, 3.8) is 0 Å². The van der Waals surface area contributed by atoms with Crippen LogP contribution in [-0.4, -0.2) is 33.0 Å². The number of nitrogens with zero attached hydrogens (tertiary/aromatic N) is 4. The fourth-order valence-corrected chi connectivity index (χ4v) is 2.74. The molecule has 1 fully saturated rings. The number of oxime groups is 1. The van der Waals surface area contributed by atoms with E-state index in [9.17, 15) is 0 Å². The van der Waals surface area contributed by atoms with Gasteiger partial charge in [0.15, 0.2) is 0 Å². The van der Waals surface area contributed by atoms with Crippen LogP contribution in [0.4, 0.5) is 5.82 Å². The molecule has 0 radical (unpaired) electrons. The Hall–Kier alpha value is -2.70. The van der Waals surface area contributed by atoms with Crippen LogP contribution < -0.4 is 11.1 Å². The zero-order chi connectivity index (χ0) is 15.6. The molecule has 2 aromatic rings. The molecule has 0 spiro atoms. The minimum absolute atomic E-state index is 0.256. The maximum atomic E-state index is 9.00. The van der Waals surface area contributed by atoms with E-state index in [1.54, 1.807) is 25.6 Å². The second kappa shape index (κ2) is 5.59. The zero-order valence-corrected chi connectivity index (χ0v) is 12.3. The molecule has 2 aromatic heterocycles. The van der Waals surface area contributed by atoms with Crippen molar-refractivity contribution in [1.29, 1.82) is 0 Å². The van der Waals surface area contributed by atoms with E-state index in [2.05, 4.69) is 25.4 Å². The lowest BCUT2D eigenvalue weighted by Crippen LogP contribution is -2.47. The maximum absolute atomic E-state index is 9.00. The Balaban J connectivity index is 1.89. The topological polar surface area (TPSA) is 109 Å². The van der Waals surface area contributed by atoms with E-state index in [0.717, 1.165) is 30.5 Å². The van der Waals surface area contributed by atoms with Crippen LogP contribution in [0.2, 0.25) is 0 Å². The Morgan fingerprint density at radius 2 is 1.95 bits per heavy atom. The van der Waals surface area contributed by atoms with Gasteiger partial charge in [0.05, 0.1) is 23.5 Å². The highest BCUT2D eigenvalue weighted by Crippen LogP contribution is 2.43. The molecule has 0 saturated heterocycles. The summed E-state index contributed by atoms with van der Waals surface area (Å²) in [6.07, 6.45) is 7.93. The number of nitrogens with two attached hydrogens (primary N) is 1. The van der Waals surface area contributed by atoms with E-state index in [1.807, 2.05) is 12.1 Å². The van der Waals surface area contributed by atoms with Gasteiger partial charge in [-0.15, -0.1) is 0 Å². The average molecular weight is 298 g/mol. The summed E-state index contributed by atoms with van der Waals surface area (Å²) in [7, 11) is 1.79. The van der Waals surface area contributed by atoms with Gasteiger partial charge >= 0.3 is 0 Å². The Labute approximate surface area is 128 Å². The number of amidine groups is 1. The monoisotopic (exact) mass is 298 g/mol. The molecular formula is C15H18N6O. The lowest BCUT2D eigenvalue weighted by atomic mass is 9.64. The van der Waals surface area contributed by atoms with Crippen LogP contribution in [0.1, 0.15) is 24.8 Å². The number of pyridine rings is 1. The third-order valence-corrected chi connectivity index (χ3v) is 4.29. The molecule has 4 N–H and O–H groups in total. The van der Waals surface area contributed by atoms with Gasteiger partial charge < -0.3 is 16.3 Å². The second-order valence-electron chi connectivity index (χ2n) is 5.39. The number of anilines is 1. The fraction of sp³-hybridized carbons (Fsp3) is 0.333. The molecule has 7 heteroatoms. The number of rotatable bonds is 4. The number of nitrogens with one attached hydrogen (secondary N) is 1. The minimum atomic E-state index is -0.373. The molecule has 3 rings (SSSR count). The van der Waals surface area contributed by atoms with Crippen LogP contribution >= 0.6 is 0 Å². The normalized spacial score (nSPS) is 16.9. The first-order chi connectivity index (χ1) is 10.7. The van der Waals surface area contributed by atoms with Crippen molar-refractivity contribution in [2.45, 2.75) is 24.7 Å². The molecule has 0 aromatic carbocycles. The summed E-state index contributed by atoms with van der Waals surface area (Å²) in [5, 5.41) is 15.1. The summed E-state index contributed by atoms with van der Waals surface area (Å²) in [6.45, 7) is 0. The Bertz CT molecular complexity index is 676. The molecule has 1 saturated carbocycles. The second-order valence-corrected chi connectivity index (χ2v) is 5.39. The number of hydrogen-bond acceptors (Lipinski definition) is 6. The third kappa shape index (κ3) is 2.24. The first-order valence-electron chi connectivity index (χ1n) is 7.14. The molecule has 0 bridgehead atoms. The van der Waals surface area contributed by atoms with Crippen molar-refractivity contribution >= 4 is 11.7 Å². The van der Waals surface area contributed by atoms with Crippen molar-refractivity contribution in [1.82, 2.24) is 15.0 Å². The number of hydrogen-bond donors (Lipinski definition) is 3. The van der Waals surface area contributed by atoms with Gasteiger partial charge in [0.2, 0.25) is 0 Å². The lowest BCUT2D eigenvalue weighted by Gasteiger charge is -2.40. The van der Waals surface area contributed by atoms with Crippen molar-refractivity contribution in [3.05, 3.63) is 36.3 Å². The Morgan fingerprint density at radius 3 is 2.41 bits per heavy atom. The molecule has 22 heavy (non-hydrogen) atoms. The van der Waals surface area contributed by atoms with Crippen LogP contribution in [-0.2, 0) is 5.41 Å². The first kappa shape index (κ1) is 14.2. The van der Waals surface area contributed by atoms with Gasteiger partial charge in [0.1, 0.15) is 17.3 Å². The van der Waals surface area contributed by atoms with E-state index < -0.39 is 0 Å². The molecule has 1 aliphatic carbocycles.